The Labute approximate surface area is 228 Å². The van der Waals surface area contributed by atoms with Gasteiger partial charge < -0.3 is 15.8 Å². The molecule has 1 saturated carbocycles. The molecule has 3 N–H and O–H groups in total. The minimum absolute atomic E-state index is 0. The van der Waals surface area contributed by atoms with Gasteiger partial charge >= 0.3 is 5.69 Å². The van der Waals surface area contributed by atoms with Crippen molar-refractivity contribution in [2.24, 2.45) is 0 Å². The first-order chi connectivity index (χ1) is 19.0. The molecule has 0 unspecified atom stereocenters. The number of hydrogen-bond acceptors (Lipinski definition) is 9. The summed E-state index contributed by atoms with van der Waals surface area (Å²) in [5.74, 6) is 1.85. The van der Waals surface area contributed by atoms with E-state index in [0.29, 0.717) is 23.9 Å². The predicted molar refractivity (Wildman–Crippen MR) is 154 cm³/mol. The molecule has 0 atom stereocenters. The summed E-state index contributed by atoms with van der Waals surface area (Å²) in [6.45, 7) is 2.26. The number of rotatable bonds is 6. The molecule has 4 heterocycles. The van der Waals surface area contributed by atoms with Crippen molar-refractivity contribution in [3.05, 3.63) is 88.9 Å². The van der Waals surface area contributed by atoms with E-state index in [0.717, 1.165) is 28.3 Å². The summed E-state index contributed by atoms with van der Waals surface area (Å²) in [5.41, 5.74) is 8.92. The highest BCUT2D eigenvalue weighted by Gasteiger charge is 2.18. The van der Waals surface area contributed by atoms with Crippen LogP contribution in [0.5, 0.6) is 5.75 Å². The number of anilines is 2. The van der Waals surface area contributed by atoms with Crippen molar-refractivity contribution < 1.29 is 7.59 Å². The Morgan fingerprint density at radius 1 is 1.03 bits per heavy atom. The third kappa shape index (κ3) is 6.03. The van der Waals surface area contributed by atoms with Crippen molar-refractivity contribution in [3.8, 4) is 11.4 Å². The van der Waals surface area contributed by atoms with Crippen LogP contribution in [0.1, 0.15) is 39.8 Å². The fourth-order valence-corrected chi connectivity index (χ4v) is 4.61. The van der Waals surface area contributed by atoms with E-state index in [-0.39, 0.29) is 14.5 Å². The molecule has 5 aromatic rings. The number of nitrogens with one attached hydrogen (secondary N) is 1. The highest BCUT2D eigenvalue weighted by atomic mass is 16.5. The number of benzene rings is 1. The Hall–Kier alpha value is -4.80. The number of methoxy groups -OCH3 is 1. The van der Waals surface area contributed by atoms with Crippen molar-refractivity contribution in [3.63, 3.8) is 0 Å². The van der Waals surface area contributed by atoms with Crippen LogP contribution in [-0.2, 0) is 6.54 Å². The zero-order chi connectivity index (χ0) is 27.2. The summed E-state index contributed by atoms with van der Waals surface area (Å²) < 4.78 is 8.61. The normalized spacial score (nSPS) is 13.2. The van der Waals surface area contributed by atoms with Gasteiger partial charge in [0.2, 0.25) is 5.95 Å². The summed E-state index contributed by atoms with van der Waals surface area (Å²) in [4.78, 5) is 26.1. The van der Waals surface area contributed by atoms with Crippen LogP contribution in [0.15, 0.2) is 71.9 Å². The Balaban J connectivity index is 0.000000402. The molecule has 0 aliphatic heterocycles. The number of aryl methyl sites for hydroxylation is 1. The molecule has 0 bridgehead atoms. The van der Waals surface area contributed by atoms with Gasteiger partial charge in [0.1, 0.15) is 11.6 Å². The molecule has 204 valence electrons. The first kappa shape index (κ1) is 25.8. The maximum absolute atomic E-state index is 13.4. The molecule has 1 aliphatic carbocycles. The van der Waals surface area contributed by atoms with Crippen molar-refractivity contribution in [2.75, 3.05) is 18.2 Å². The van der Waals surface area contributed by atoms with Crippen molar-refractivity contribution >= 4 is 22.9 Å². The number of pyridine rings is 2. The summed E-state index contributed by atoms with van der Waals surface area (Å²) in [6, 6.07) is 15.9. The molecule has 4 aromatic heterocycles. The van der Waals surface area contributed by atoms with Crippen LogP contribution in [-0.4, -0.2) is 47.4 Å². The van der Waals surface area contributed by atoms with Crippen LogP contribution in [0, 0.1) is 6.92 Å². The van der Waals surface area contributed by atoms with E-state index in [9.17, 15) is 4.79 Å². The molecular formula is C28H35N9O2. The number of nitrogen functional groups attached to an aromatic ring is 1. The Morgan fingerprint density at radius 3 is 2.46 bits per heavy atom. The van der Waals surface area contributed by atoms with Crippen molar-refractivity contribution in [2.45, 2.75) is 45.2 Å². The van der Waals surface area contributed by atoms with Crippen molar-refractivity contribution in [1.82, 2.24) is 34.3 Å². The van der Waals surface area contributed by atoms with Gasteiger partial charge in [-0.3, -0.25) is 4.57 Å². The summed E-state index contributed by atoms with van der Waals surface area (Å²) in [7, 11) is 1.64. The van der Waals surface area contributed by atoms with Crippen LogP contribution in [0.2, 0.25) is 0 Å². The first-order valence-corrected chi connectivity index (χ1v) is 12.9. The minimum Gasteiger partial charge on any atom is -0.497 e. The monoisotopic (exact) mass is 529 g/mol. The van der Waals surface area contributed by atoms with E-state index >= 15 is 0 Å². The molecule has 11 nitrogen and oxygen atoms in total. The molecule has 0 radical (unpaired) electrons. The molecule has 0 spiro atoms. The third-order valence-corrected chi connectivity index (χ3v) is 6.60. The van der Waals surface area contributed by atoms with Crippen LogP contribution in [0.3, 0.4) is 0 Å². The highest BCUT2D eigenvalue weighted by Crippen LogP contribution is 2.22. The largest absolute Gasteiger partial charge is 0.497 e. The molecule has 11 heteroatoms. The molecule has 1 fully saturated rings. The molecule has 1 aromatic carbocycles. The van der Waals surface area contributed by atoms with Crippen LogP contribution >= 0.6 is 0 Å². The Kier molecular flexibility index (Phi) is 7.76. The second-order valence-corrected chi connectivity index (χ2v) is 9.38. The lowest BCUT2D eigenvalue weighted by molar-refractivity contribution is 0.414. The molecule has 0 amide bonds. The number of hydrogen-bond donors (Lipinski definition) is 2. The lowest BCUT2D eigenvalue weighted by Gasteiger charge is -2.12. The van der Waals surface area contributed by atoms with E-state index in [1.54, 1.807) is 41.8 Å². The zero-order valence-corrected chi connectivity index (χ0v) is 22.0. The highest BCUT2D eigenvalue weighted by molar-refractivity contribution is 5.73. The SMILES string of the molecule is COc1ccc(Cn2c(=O)n(-c3ccc(NC4CCCC4)nc3)c3ncccc32)cc1.Cc1cnc(N)nn1.[HH].[HH]. The first-order valence-electron chi connectivity index (χ1n) is 12.9. The number of nitrogens with zero attached hydrogens (tertiary/aromatic N) is 7. The van der Waals surface area contributed by atoms with Gasteiger partial charge in [-0.1, -0.05) is 25.0 Å². The van der Waals surface area contributed by atoms with E-state index in [2.05, 4.69) is 30.5 Å². The zero-order valence-electron chi connectivity index (χ0n) is 22.0. The van der Waals surface area contributed by atoms with Crippen LogP contribution in [0.25, 0.3) is 16.9 Å². The topological polar surface area (TPSA) is 139 Å². The minimum atomic E-state index is -0.136. The van der Waals surface area contributed by atoms with Gasteiger partial charge in [0, 0.05) is 15.1 Å². The van der Waals surface area contributed by atoms with E-state index < -0.39 is 0 Å². The number of aromatic nitrogens is 7. The second kappa shape index (κ2) is 11.7. The van der Waals surface area contributed by atoms with Gasteiger partial charge in [-0.25, -0.2) is 24.3 Å². The molecular weight excluding hydrogens is 494 g/mol. The maximum Gasteiger partial charge on any atom is 0.335 e. The summed E-state index contributed by atoms with van der Waals surface area (Å²) in [6.07, 6.45) is 9.93. The van der Waals surface area contributed by atoms with Crippen LogP contribution < -0.4 is 21.5 Å². The second-order valence-electron chi connectivity index (χ2n) is 9.38. The summed E-state index contributed by atoms with van der Waals surface area (Å²) >= 11 is 0. The fraction of sp³-hybridized carbons (Fsp3) is 0.286. The standard InChI is InChI=1S/C24H25N5O2.C4H6N4.2H2/c1-31-20-11-8-17(9-12-20)16-28-21-7-4-14-25-23(21)29(24(28)30)19-10-13-22(26-15-19)27-18-5-2-3-6-18;1-3-2-6-4(5)8-7-3;;/h4,7-15,18H,2-3,5-6,16H2,1H3,(H,26,27);2H,1H3,(H2,5,6,8);2*1H. The lowest BCUT2D eigenvalue weighted by atomic mass is 10.2. The van der Waals surface area contributed by atoms with Crippen LogP contribution in [0.4, 0.5) is 11.8 Å². The van der Waals surface area contributed by atoms with E-state index in [1.165, 1.54) is 25.7 Å². The summed E-state index contributed by atoms with van der Waals surface area (Å²) in [5, 5.41) is 10.6. The predicted octanol–water partition coefficient (Wildman–Crippen LogP) is 4.25. The number of ether oxygens (including phenoxy) is 1. The lowest BCUT2D eigenvalue weighted by Crippen LogP contribution is -2.24. The van der Waals surface area contributed by atoms with E-state index in [1.807, 2.05) is 48.5 Å². The molecule has 1 aliphatic rings. The van der Waals surface area contributed by atoms with E-state index in [4.69, 9.17) is 10.5 Å². The van der Waals surface area contributed by atoms with Crippen molar-refractivity contribution in [1.29, 1.82) is 0 Å². The molecule has 39 heavy (non-hydrogen) atoms. The van der Waals surface area contributed by atoms with Gasteiger partial charge in [0.05, 0.1) is 42.9 Å². The quantitative estimate of drug-likeness (QED) is 0.330. The van der Waals surface area contributed by atoms with Gasteiger partial charge in [0.15, 0.2) is 5.65 Å². The molecule has 6 rings (SSSR count). The van der Waals surface area contributed by atoms with Gasteiger partial charge in [-0.05, 0) is 61.7 Å². The molecule has 0 saturated heterocycles. The number of nitrogens with two attached hydrogens (primary N) is 1. The van der Waals surface area contributed by atoms with Gasteiger partial charge in [-0.15, -0.1) is 5.10 Å². The maximum atomic E-state index is 13.4. The average Bonchev–Trinajstić information content (AvgIpc) is 3.58. The van der Waals surface area contributed by atoms with Gasteiger partial charge in [-0.2, -0.15) is 5.10 Å². The Bertz CT molecular complexity index is 1560. The fourth-order valence-electron chi connectivity index (χ4n) is 4.61. The van der Waals surface area contributed by atoms with Gasteiger partial charge in [0.25, 0.3) is 0 Å². The smallest absolute Gasteiger partial charge is 0.335 e. The number of imidazole rings is 1. The average molecular weight is 530 g/mol. The number of fused-ring (bicyclic) bond motifs is 1. The third-order valence-electron chi connectivity index (χ3n) is 6.60. The Morgan fingerprint density at radius 2 is 1.82 bits per heavy atom.